The van der Waals surface area contributed by atoms with Crippen molar-refractivity contribution in [2.24, 2.45) is 0 Å². The highest BCUT2D eigenvalue weighted by molar-refractivity contribution is 5.66. The highest BCUT2D eigenvalue weighted by atomic mass is 19.1. The van der Waals surface area contributed by atoms with Gasteiger partial charge in [0.1, 0.15) is 17.3 Å². The molecule has 0 radical (unpaired) electrons. The second kappa shape index (κ2) is 6.15. The van der Waals surface area contributed by atoms with Crippen molar-refractivity contribution in [2.75, 3.05) is 6.54 Å². The maximum absolute atomic E-state index is 13.5. The van der Waals surface area contributed by atoms with Gasteiger partial charge in [0, 0.05) is 6.54 Å². The fraction of sp³-hybridized carbons (Fsp3) is 0.214. The Bertz CT molecular complexity index is 565. The van der Waals surface area contributed by atoms with Gasteiger partial charge in [-0.05, 0) is 24.3 Å². The molecule has 2 aromatic rings. The zero-order valence-electron chi connectivity index (χ0n) is 10.2. The first-order chi connectivity index (χ1) is 9.16. The Morgan fingerprint density at radius 3 is 2.79 bits per heavy atom. The summed E-state index contributed by atoms with van der Waals surface area (Å²) in [4.78, 5) is 10.3. The number of hydrogen-bond acceptors (Lipinski definition) is 3. The maximum atomic E-state index is 13.5. The van der Waals surface area contributed by atoms with Crippen molar-refractivity contribution in [3.63, 3.8) is 0 Å². The van der Waals surface area contributed by atoms with Gasteiger partial charge in [-0.15, -0.1) is 0 Å². The number of hydrogen-bond donors (Lipinski definition) is 2. The summed E-state index contributed by atoms with van der Waals surface area (Å²) in [7, 11) is 0. The average Bonchev–Trinajstić information content (AvgIpc) is 2.83. The Balaban J connectivity index is 1.96. The topological polar surface area (TPSA) is 62.5 Å². The van der Waals surface area contributed by atoms with Crippen LogP contribution in [0.4, 0.5) is 4.39 Å². The first-order valence-electron chi connectivity index (χ1n) is 5.93. The largest absolute Gasteiger partial charge is 0.481 e. The molecule has 0 fully saturated rings. The summed E-state index contributed by atoms with van der Waals surface area (Å²) in [6.45, 7) is 0.785. The van der Waals surface area contributed by atoms with Crippen LogP contribution in [0.5, 0.6) is 0 Å². The zero-order valence-corrected chi connectivity index (χ0v) is 10.2. The second-order valence-electron chi connectivity index (χ2n) is 4.07. The second-order valence-corrected chi connectivity index (χ2v) is 4.07. The molecular weight excluding hydrogens is 249 g/mol. The van der Waals surface area contributed by atoms with Gasteiger partial charge in [-0.25, -0.2) is 4.39 Å². The first kappa shape index (κ1) is 13.3. The fourth-order valence-corrected chi connectivity index (χ4v) is 1.69. The number of rotatable bonds is 6. The first-order valence-corrected chi connectivity index (χ1v) is 5.93. The van der Waals surface area contributed by atoms with E-state index in [0.29, 0.717) is 30.2 Å². The predicted octanol–water partition coefficient (Wildman–Crippen LogP) is 2.65. The standard InChI is InChI=1S/C14H14FNO3/c15-12-4-2-1-3-11(12)13-6-5-10(19-13)9-16-8-7-14(17)18/h1-6,16H,7-9H2,(H,17,18). The van der Waals surface area contributed by atoms with Gasteiger partial charge in [-0.1, -0.05) is 12.1 Å². The summed E-state index contributed by atoms with van der Waals surface area (Å²) in [5, 5.41) is 11.4. The Morgan fingerprint density at radius 2 is 2.05 bits per heavy atom. The van der Waals surface area contributed by atoms with E-state index in [2.05, 4.69) is 5.32 Å². The summed E-state index contributed by atoms with van der Waals surface area (Å²) >= 11 is 0. The molecule has 4 nitrogen and oxygen atoms in total. The predicted molar refractivity (Wildman–Crippen MR) is 68.1 cm³/mol. The van der Waals surface area contributed by atoms with Gasteiger partial charge >= 0.3 is 5.97 Å². The van der Waals surface area contributed by atoms with E-state index in [1.165, 1.54) is 6.07 Å². The van der Waals surface area contributed by atoms with Crippen molar-refractivity contribution in [3.05, 3.63) is 48.0 Å². The molecule has 1 aromatic heterocycles. The molecule has 0 aliphatic carbocycles. The highest BCUT2D eigenvalue weighted by Gasteiger charge is 2.08. The van der Waals surface area contributed by atoms with Crippen LogP contribution in [-0.2, 0) is 11.3 Å². The number of carbonyl (C=O) groups is 1. The molecule has 0 atom stereocenters. The lowest BCUT2D eigenvalue weighted by Crippen LogP contribution is -2.17. The lowest BCUT2D eigenvalue weighted by atomic mass is 10.1. The molecule has 5 heteroatoms. The van der Waals surface area contributed by atoms with Crippen LogP contribution in [0, 0.1) is 5.82 Å². The van der Waals surface area contributed by atoms with Crippen LogP contribution in [0.1, 0.15) is 12.2 Å². The molecule has 0 aliphatic heterocycles. The quantitative estimate of drug-likeness (QED) is 0.786. The lowest BCUT2D eigenvalue weighted by molar-refractivity contribution is -0.136. The summed E-state index contributed by atoms with van der Waals surface area (Å²) in [6, 6.07) is 9.84. The molecule has 0 bridgehead atoms. The molecule has 0 aliphatic rings. The van der Waals surface area contributed by atoms with Crippen LogP contribution >= 0.6 is 0 Å². The van der Waals surface area contributed by atoms with E-state index in [9.17, 15) is 9.18 Å². The van der Waals surface area contributed by atoms with Gasteiger partial charge in [0.2, 0.25) is 0 Å². The fourth-order valence-electron chi connectivity index (χ4n) is 1.69. The van der Waals surface area contributed by atoms with Crippen molar-refractivity contribution in [1.29, 1.82) is 0 Å². The normalized spacial score (nSPS) is 10.6. The molecule has 0 amide bonds. The molecule has 0 saturated carbocycles. The Labute approximate surface area is 109 Å². The van der Waals surface area contributed by atoms with Crippen LogP contribution in [-0.4, -0.2) is 17.6 Å². The molecular formula is C14H14FNO3. The van der Waals surface area contributed by atoms with Crippen LogP contribution < -0.4 is 5.32 Å². The molecule has 100 valence electrons. The molecule has 1 heterocycles. The Morgan fingerprint density at radius 1 is 1.26 bits per heavy atom. The maximum Gasteiger partial charge on any atom is 0.304 e. The van der Waals surface area contributed by atoms with Gasteiger partial charge < -0.3 is 14.8 Å². The lowest BCUT2D eigenvalue weighted by Gasteiger charge is -2.01. The molecule has 0 saturated heterocycles. The van der Waals surface area contributed by atoms with Crippen LogP contribution in [0.25, 0.3) is 11.3 Å². The molecule has 0 unspecified atom stereocenters. The minimum absolute atomic E-state index is 0.0564. The number of aliphatic carboxylic acids is 1. The number of furan rings is 1. The number of nitrogens with one attached hydrogen (secondary N) is 1. The smallest absolute Gasteiger partial charge is 0.304 e. The third-order valence-corrected chi connectivity index (χ3v) is 2.62. The van der Waals surface area contributed by atoms with E-state index < -0.39 is 5.97 Å². The summed E-state index contributed by atoms with van der Waals surface area (Å²) in [5.41, 5.74) is 0.416. The van der Waals surface area contributed by atoms with Crippen molar-refractivity contribution >= 4 is 5.97 Å². The number of carboxylic acids is 1. The summed E-state index contributed by atoms with van der Waals surface area (Å²) in [5.74, 6) is -0.0713. The van der Waals surface area contributed by atoms with E-state index in [-0.39, 0.29) is 12.2 Å². The zero-order chi connectivity index (χ0) is 13.7. The van der Waals surface area contributed by atoms with E-state index in [1.807, 2.05) is 0 Å². The van der Waals surface area contributed by atoms with Gasteiger partial charge in [0.15, 0.2) is 0 Å². The molecule has 2 N–H and O–H groups in total. The highest BCUT2D eigenvalue weighted by Crippen LogP contribution is 2.24. The molecule has 0 spiro atoms. The van der Waals surface area contributed by atoms with Crippen LogP contribution in [0.15, 0.2) is 40.8 Å². The average molecular weight is 263 g/mol. The van der Waals surface area contributed by atoms with Gasteiger partial charge in [0.25, 0.3) is 0 Å². The Kier molecular flexibility index (Phi) is 4.30. The van der Waals surface area contributed by atoms with Crippen LogP contribution in [0.2, 0.25) is 0 Å². The molecule has 19 heavy (non-hydrogen) atoms. The summed E-state index contributed by atoms with van der Waals surface area (Å²) < 4.78 is 19.0. The number of halogens is 1. The number of benzene rings is 1. The van der Waals surface area contributed by atoms with E-state index in [1.54, 1.807) is 30.3 Å². The number of carboxylic acid groups (broad SMARTS) is 1. The minimum Gasteiger partial charge on any atom is -0.481 e. The Hall–Kier alpha value is -2.14. The van der Waals surface area contributed by atoms with Gasteiger partial charge in [-0.3, -0.25) is 4.79 Å². The van der Waals surface area contributed by atoms with Crippen molar-refractivity contribution in [1.82, 2.24) is 5.32 Å². The van der Waals surface area contributed by atoms with E-state index >= 15 is 0 Å². The monoisotopic (exact) mass is 263 g/mol. The van der Waals surface area contributed by atoms with Crippen molar-refractivity contribution in [3.8, 4) is 11.3 Å². The van der Waals surface area contributed by atoms with Gasteiger partial charge in [0.05, 0.1) is 18.5 Å². The third kappa shape index (κ3) is 3.66. The SMILES string of the molecule is O=C(O)CCNCc1ccc(-c2ccccc2F)o1. The van der Waals surface area contributed by atoms with E-state index in [0.717, 1.165) is 0 Å². The molecule has 1 aromatic carbocycles. The van der Waals surface area contributed by atoms with E-state index in [4.69, 9.17) is 9.52 Å². The van der Waals surface area contributed by atoms with Crippen molar-refractivity contribution in [2.45, 2.75) is 13.0 Å². The van der Waals surface area contributed by atoms with Crippen LogP contribution in [0.3, 0.4) is 0 Å². The molecule has 2 rings (SSSR count). The van der Waals surface area contributed by atoms with Gasteiger partial charge in [-0.2, -0.15) is 0 Å². The third-order valence-electron chi connectivity index (χ3n) is 2.62. The minimum atomic E-state index is -0.848. The summed E-state index contributed by atoms with van der Waals surface area (Å²) in [6.07, 6.45) is 0.0564. The van der Waals surface area contributed by atoms with Crippen molar-refractivity contribution < 1.29 is 18.7 Å².